The van der Waals surface area contributed by atoms with E-state index in [-0.39, 0.29) is 11.7 Å². The maximum absolute atomic E-state index is 12.8. The maximum atomic E-state index is 12.8. The first-order valence-electron chi connectivity index (χ1n) is 4.14. The minimum atomic E-state index is -0.387. The van der Waals surface area contributed by atoms with Crippen LogP contribution in [-0.2, 0) is 4.79 Å². The number of nitrogens with zero attached hydrogens (tertiary/aromatic N) is 1. The second kappa shape index (κ2) is 4.09. The highest BCUT2D eigenvalue weighted by atomic mass is 19.1. The molecule has 0 unspecified atom stereocenters. The zero-order valence-electron chi connectivity index (χ0n) is 8.37. The second-order valence-electron chi connectivity index (χ2n) is 2.89. The molecule has 0 saturated carbocycles. The molecular formula is C10H12FNO2. The number of hydrogen-bond acceptors (Lipinski definition) is 2. The quantitative estimate of drug-likeness (QED) is 0.723. The first-order valence-corrected chi connectivity index (χ1v) is 4.14. The van der Waals surface area contributed by atoms with Crippen LogP contribution in [0.1, 0.15) is 6.92 Å². The molecule has 0 aromatic heterocycles. The summed E-state index contributed by atoms with van der Waals surface area (Å²) in [7, 11) is 3.05. The number of hydrogen-bond donors (Lipinski definition) is 0. The van der Waals surface area contributed by atoms with Gasteiger partial charge < -0.3 is 9.64 Å². The van der Waals surface area contributed by atoms with Gasteiger partial charge in [0.2, 0.25) is 5.91 Å². The molecule has 0 aliphatic carbocycles. The van der Waals surface area contributed by atoms with Crippen molar-refractivity contribution in [3.63, 3.8) is 0 Å². The fraction of sp³-hybridized carbons (Fsp3) is 0.300. The van der Waals surface area contributed by atoms with Crippen molar-refractivity contribution >= 4 is 11.6 Å². The van der Waals surface area contributed by atoms with Gasteiger partial charge in [0, 0.05) is 20.0 Å². The van der Waals surface area contributed by atoms with Crippen LogP contribution in [0.4, 0.5) is 10.1 Å². The molecule has 0 aliphatic rings. The molecule has 14 heavy (non-hydrogen) atoms. The Bertz CT molecular complexity index is 352. The highest BCUT2D eigenvalue weighted by Crippen LogP contribution is 2.27. The molecule has 1 rings (SSSR count). The van der Waals surface area contributed by atoms with Crippen LogP contribution < -0.4 is 9.64 Å². The van der Waals surface area contributed by atoms with Crippen LogP contribution in [0.3, 0.4) is 0 Å². The van der Waals surface area contributed by atoms with Gasteiger partial charge in [-0.1, -0.05) is 0 Å². The van der Waals surface area contributed by atoms with Crippen LogP contribution in [-0.4, -0.2) is 20.1 Å². The number of carbonyl (C=O) groups excluding carboxylic acids is 1. The summed E-state index contributed by atoms with van der Waals surface area (Å²) in [6, 6.07) is 4.04. The first-order chi connectivity index (χ1) is 6.56. The zero-order chi connectivity index (χ0) is 10.7. The summed E-state index contributed by atoms with van der Waals surface area (Å²) in [5, 5.41) is 0. The highest BCUT2D eigenvalue weighted by Gasteiger charge is 2.11. The first kappa shape index (κ1) is 10.5. The molecule has 1 aromatic carbocycles. The lowest BCUT2D eigenvalue weighted by Gasteiger charge is -2.17. The standard InChI is InChI=1S/C10H12FNO2/c1-7(13)12(2)9-5-4-8(11)6-10(9)14-3/h4-6H,1-3H3. The number of benzene rings is 1. The molecule has 1 amide bonds. The van der Waals surface area contributed by atoms with E-state index in [0.717, 1.165) is 0 Å². The van der Waals surface area contributed by atoms with E-state index in [4.69, 9.17) is 4.74 Å². The Balaban J connectivity index is 3.13. The number of amides is 1. The van der Waals surface area contributed by atoms with Crippen LogP contribution in [0.15, 0.2) is 18.2 Å². The molecule has 0 heterocycles. The van der Waals surface area contributed by atoms with Gasteiger partial charge in [0.1, 0.15) is 11.6 Å². The molecule has 1 aromatic rings. The third kappa shape index (κ3) is 2.02. The molecule has 0 spiro atoms. The van der Waals surface area contributed by atoms with Gasteiger partial charge >= 0.3 is 0 Å². The molecule has 0 bridgehead atoms. The average Bonchev–Trinajstić information content (AvgIpc) is 2.16. The largest absolute Gasteiger partial charge is 0.494 e. The van der Waals surface area contributed by atoms with Gasteiger partial charge in [-0.15, -0.1) is 0 Å². The zero-order valence-corrected chi connectivity index (χ0v) is 8.37. The minimum absolute atomic E-state index is 0.130. The Morgan fingerprint density at radius 2 is 2.14 bits per heavy atom. The predicted octanol–water partition coefficient (Wildman–Crippen LogP) is 1.82. The monoisotopic (exact) mass is 197 g/mol. The van der Waals surface area contributed by atoms with Crippen LogP contribution in [0.25, 0.3) is 0 Å². The molecule has 0 N–H and O–H groups in total. The van der Waals surface area contributed by atoms with E-state index in [1.165, 1.54) is 37.1 Å². The Morgan fingerprint density at radius 3 is 2.64 bits per heavy atom. The lowest BCUT2D eigenvalue weighted by atomic mass is 10.2. The Hall–Kier alpha value is -1.58. The average molecular weight is 197 g/mol. The summed E-state index contributed by atoms with van der Waals surface area (Å²) < 4.78 is 17.8. The lowest BCUT2D eigenvalue weighted by molar-refractivity contribution is -0.116. The number of methoxy groups -OCH3 is 1. The summed E-state index contributed by atoms with van der Waals surface area (Å²) in [6.07, 6.45) is 0. The van der Waals surface area contributed by atoms with Gasteiger partial charge in [-0.3, -0.25) is 4.79 Å². The van der Waals surface area contributed by atoms with Crippen molar-refractivity contribution in [1.29, 1.82) is 0 Å². The van der Waals surface area contributed by atoms with Crippen LogP contribution >= 0.6 is 0 Å². The molecular weight excluding hydrogens is 185 g/mol. The van der Waals surface area contributed by atoms with E-state index in [2.05, 4.69) is 0 Å². The molecule has 76 valence electrons. The molecule has 0 radical (unpaired) electrons. The molecule has 4 heteroatoms. The number of rotatable bonds is 2. The fourth-order valence-electron chi connectivity index (χ4n) is 1.10. The van der Waals surface area contributed by atoms with Gasteiger partial charge in [0.15, 0.2) is 0 Å². The topological polar surface area (TPSA) is 29.5 Å². The number of halogens is 1. The van der Waals surface area contributed by atoms with Crippen molar-refractivity contribution in [1.82, 2.24) is 0 Å². The van der Waals surface area contributed by atoms with Crippen molar-refractivity contribution in [3.05, 3.63) is 24.0 Å². The van der Waals surface area contributed by atoms with E-state index >= 15 is 0 Å². The van der Waals surface area contributed by atoms with Gasteiger partial charge in [0.05, 0.1) is 12.8 Å². The summed E-state index contributed by atoms with van der Waals surface area (Å²) in [5.74, 6) is -0.167. The smallest absolute Gasteiger partial charge is 0.223 e. The van der Waals surface area contributed by atoms with E-state index in [9.17, 15) is 9.18 Å². The molecule has 0 saturated heterocycles. The molecule has 3 nitrogen and oxygen atoms in total. The Morgan fingerprint density at radius 1 is 1.50 bits per heavy atom. The third-order valence-corrected chi connectivity index (χ3v) is 1.98. The van der Waals surface area contributed by atoms with Gasteiger partial charge in [-0.2, -0.15) is 0 Å². The predicted molar refractivity (Wildman–Crippen MR) is 52.0 cm³/mol. The van der Waals surface area contributed by atoms with E-state index in [1.54, 1.807) is 7.05 Å². The van der Waals surface area contributed by atoms with Crippen LogP contribution in [0, 0.1) is 5.82 Å². The van der Waals surface area contributed by atoms with Crippen molar-refractivity contribution in [2.75, 3.05) is 19.1 Å². The van der Waals surface area contributed by atoms with Crippen LogP contribution in [0.5, 0.6) is 5.75 Å². The van der Waals surface area contributed by atoms with Crippen molar-refractivity contribution < 1.29 is 13.9 Å². The van der Waals surface area contributed by atoms with Gasteiger partial charge in [0.25, 0.3) is 0 Å². The van der Waals surface area contributed by atoms with Crippen molar-refractivity contribution in [2.45, 2.75) is 6.92 Å². The van der Waals surface area contributed by atoms with Gasteiger partial charge in [-0.25, -0.2) is 4.39 Å². The van der Waals surface area contributed by atoms with Crippen molar-refractivity contribution in [2.24, 2.45) is 0 Å². The molecule has 0 atom stereocenters. The van der Waals surface area contributed by atoms with E-state index in [0.29, 0.717) is 11.4 Å². The fourth-order valence-corrected chi connectivity index (χ4v) is 1.10. The SMILES string of the molecule is COc1cc(F)ccc1N(C)C(C)=O. The normalized spacial score (nSPS) is 9.71. The molecule has 0 fully saturated rings. The minimum Gasteiger partial charge on any atom is -0.494 e. The second-order valence-corrected chi connectivity index (χ2v) is 2.89. The van der Waals surface area contributed by atoms with E-state index in [1.807, 2.05) is 0 Å². The summed E-state index contributed by atoms with van der Waals surface area (Å²) in [6.45, 7) is 1.43. The summed E-state index contributed by atoms with van der Waals surface area (Å²) in [4.78, 5) is 12.5. The number of anilines is 1. The Labute approximate surface area is 82.1 Å². The Kier molecular flexibility index (Phi) is 3.06. The van der Waals surface area contributed by atoms with Gasteiger partial charge in [-0.05, 0) is 12.1 Å². The molecule has 0 aliphatic heterocycles. The van der Waals surface area contributed by atoms with E-state index < -0.39 is 0 Å². The summed E-state index contributed by atoms with van der Waals surface area (Å²) >= 11 is 0. The highest BCUT2D eigenvalue weighted by molar-refractivity contribution is 5.92. The lowest BCUT2D eigenvalue weighted by Crippen LogP contribution is -2.23. The third-order valence-electron chi connectivity index (χ3n) is 1.98. The van der Waals surface area contributed by atoms with Crippen molar-refractivity contribution in [3.8, 4) is 5.75 Å². The number of carbonyl (C=O) groups is 1. The summed E-state index contributed by atoms with van der Waals surface area (Å²) in [5.41, 5.74) is 0.557. The number of ether oxygens (including phenoxy) is 1. The van der Waals surface area contributed by atoms with Crippen LogP contribution in [0.2, 0.25) is 0 Å². The maximum Gasteiger partial charge on any atom is 0.223 e.